The highest BCUT2D eigenvalue weighted by atomic mass is 15.3. The molecule has 0 aliphatic carbocycles. The van der Waals surface area contributed by atoms with Gasteiger partial charge < -0.3 is 14.7 Å². The summed E-state index contributed by atoms with van der Waals surface area (Å²) in [5.41, 5.74) is 0.378. The molecule has 2 aliphatic rings. The second-order valence-electron chi connectivity index (χ2n) is 6.22. The normalized spacial score (nSPS) is 17.6. The SMILES string of the molecule is N#Cc1nccnc1N1CCN(c2nccc(N3CCCC3)n2)CC1. The lowest BCUT2D eigenvalue weighted by Gasteiger charge is -2.35. The highest BCUT2D eigenvalue weighted by Crippen LogP contribution is 2.22. The van der Waals surface area contributed by atoms with Gasteiger partial charge in [-0.2, -0.15) is 10.2 Å². The van der Waals surface area contributed by atoms with Gasteiger partial charge in [0.15, 0.2) is 11.5 Å². The highest BCUT2D eigenvalue weighted by Gasteiger charge is 2.23. The highest BCUT2D eigenvalue weighted by molar-refractivity contribution is 5.51. The van der Waals surface area contributed by atoms with E-state index in [1.165, 1.54) is 12.8 Å². The first-order valence-electron chi connectivity index (χ1n) is 8.64. The minimum absolute atomic E-state index is 0.378. The average Bonchev–Trinajstić information content (AvgIpc) is 3.23. The van der Waals surface area contributed by atoms with Crippen molar-refractivity contribution < 1.29 is 0 Å². The molecule has 128 valence electrons. The van der Waals surface area contributed by atoms with Gasteiger partial charge in [-0.1, -0.05) is 0 Å². The molecule has 2 aromatic rings. The molecule has 2 aliphatic heterocycles. The Balaban J connectivity index is 1.45. The lowest BCUT2D eigenvalue weighted by atomic mass is 10.3. The maximum atomic E-state index is 9.20. The molecule has 8 nitrogen and oxygen atoms in total. The number of aromatic nitrogens is 4. The standard InChI is InChI=1S/C17H20N8/c18-13-14-16(20-6-5-19-14)24-9-11-25(12-10-24)17-21-4-3-15(22-17)23-7-1-2-8-23/h3-6H,1-2,7-12H2. The van der Waals surface area contributed by atoms with Crippen LogP contribution in [0.1, 0.15) is 18.5 Å². The Labute approximate surface area is 146 Å². The Morgan fingerprint density at radius 1 is 0.800 bits per heavy atom. The molecule has 0 bridgehead atoms. The molecule has 0 atom stereocenters. The van der Waals surface area contributed by atoms with Crippen molar-refractivity contribution in [1.82, 2.24) is 19.9 Å². The maximum absolute atomic E-state index is 9.20. The Bertz CT molecular complexity index is 772. The Morgan fingerprint density at radius 3 is 2.28 bits per heavy atom. The van der Waals surface area contributed by atoms with Gasteiger partial charge in [0, 0.05) is 57.9 Å². The number of hydrogen-bond acceptors (Lipinski definition) is 8. The van der Waals surface area contributed by atoms with E-state index < -0.39 is 0 Å². The average molecular weight is 336 g/mol. The minimum Gasteiger partial charge on any atom is -0.356 e. The number of anilines is 3. The van der Waals surface area contributed by atoms with Crippen LogP contribution >= 0.6 is 0 Å². The second-order valence-corrected chi connectivity index (χ2v) is 6.22. The molecule has 25 heavy (non-hydrogen) atoms. The summed E-state index contributed by atoms with van der Waals surface area (Å²) in [7, 11) is 0. The molecule has 0 amide bonds. The van der Waals surface area contributed by atoms with E-state index in [1.54, 1.807) is 12.4 Å². The third-order valence-electron chi connectivity index (χ3n) is 4.71. The van der Waals surface area contributed by atoms with Crippen molar-refractivity contribution in [3.05, 3.63) is 30.4 Å². The van der Waals surface area contributed by atoms with Gasteiger partial charge >= 0.3 is 0 Å². The van der Waals surface area contributed by atoms with Crippen LogP contribution in [-0.2, 0) is 0 Å². The Hall–Kier alpha value is -2.95. The number of rotatable bonds is 3. The second kappa shape index (κ2) is 6.89. The van der Waals surface area contributed by atoms with E-state index >= 15 is 0 Å². The van der Waals surface area contributed by atoms with Crippen molar-refractivity contribution in [1.29, 1.82) is 5.26 Å². The van der Waals surface area contributed by atoms with Crippen LogP contribution in [0.2, 0.25) is 0 Å². The smallest absolute Gasteiger partial charge is 0.227 e. The zero-order valence-corrected chi connectivity index (χ0v) is 14.0. The molecule has 0 aromatic carbocycles. The zero-order chi connectivity index (χ0) is 17.1. The van der Waals surface area contributed by atoms with Gasteiger partial charge in [0.25, 0.3) is 0 Å². The van der Waals surface area contributed by atoms with E-state index in [1.807, 2.05) is 12.3 Å². The molecule has 0 radical (unpaired) electrons. The summed E-state index contributed by atoms with van der Waals surface area (Å²) in [5.74, 6) is 2.46. The van der Waals surface area contributed by atoms with Crippen LogP contribution in [0.3, 0.4) is 0 Å². The third-order valence-corrected chi connectivity index (χ3v) is 4.71. The van der Waals surface area contributed by atoms with E-state index in [0.717, 1.165) is 51.0 Å². The molecule has 8 heteroatoms. The van der Waals surface area contributed by atoms with Gasteiger partial charge in [-0.3, -0.25) is 0 Å². The molecule has 0 N–H and O–H groups in total. The Kier molecular flexibility index (Phi) is 4.29. The lowest BCUT2D eigenvalue weighted by molar-refractivity contribution is 0.632. The maximum Gasteiger partial charge on any atom is 0.227 e. The van der Waals surface area contributed by atoms with Crippen molar-refractivity contribution in [3.8, 4) is 6.07 Å². The van der Waals surface area contributed by atoms with Gasteiger partial charge in [0.1, 0.15) is 11.9 Å². The molecule has 2 aromatic heterocycles. The summed E-state index contributed by atoms with van der Waals surface area (Å²) in [5, 5.41) is 9.20. The van der Waals surface area contributed by atoms with Crippen molar-refractivity contribution in [2.75, 3.05) is 54.0 Å². The van der Waals surface area contributed by atoms with Crippen molar-refractivity contribution in [2.24, 2.45) is 0 Å². The van der Waals surface area contributed by atoms with Gasteiger partial charge in [-0.15, -0.1) is 0 Å². The summed E-state index contributed by atoms with van der Waals surface area (Å²) in [6, 6.07) is 4.11. The molecular weight excluding hydrogens is 316 g/mol. The first-order valence-corrected chi connectivity index (χ1v) is 8.64. The molecule has 0 spiro atoms. The molecule has 4 rings (SSSR count). The fourth-order valence-electron chi connectivity index (χ4n) is 3.37. The monoisotopic (exact) mass is 336 g/mol. The lowest BCUT2D eigenvalue weighted by Crippen LogP contribution is -2.47. The van der Waals surface area contributed by atoms with Crippen LogP contribution in [0.15, 0.2) is 24.7 Å². The van der Waals surface area contributed by atoms with E-state index in [0.29, 0.717) is 11.5 Å². The van der Waals surface area contributed by atoms with Crippen LogP contribution in [-0.4, -0.2) is 59.2 Å². The van der Waals surface area contributed by atoms with E-state index in [9.17, 15) is 5.26 Å². The van der Waals surface area contributed by atoms with Gasteiger partial charge in [-0.25, -0.2) is 15.0 Å². The van der Waals surface area contributed by atoms with Gasteiger partial charge in [0.05, 0.1) is 0 Å². The summed E-state index contributed by atoms with van der Waals surface area (Å²) in [6.07, 6.45) is 7.49. The molecule has 0 saturated carbocycles. The summed E-state index contributed by atoms with van der Waals surface area (Å²) < 4.78 is 0. The van der Waals surface area contributed by atoms with Crippen LogP contribution in [0, 0.1) is 11.3 Å². The minimum atomic E-state index is 0.378. The van der Waals surface area contributed by atoms with Crippen LogP contribution < -0.4 is 14.7 Å². The molecular formula is C17H20N8. The molecule has 2 saturated heterocycles. The summed E-state index contributed by atoms with van der Waals surface area (Å²) >= 11 is 0. The predicted octanol–water partition coefficient (Wildman–Crippen LogP) is 1.07. The topological polar surface area (TPSA) is 85.1 Å². The van der Waals surface area contributed by atoms with Crippen LogP contribution in [0.5, 0.6) is 0 Å². The van der Waals surface area contributed by atoms with E-state index in [4.69, 9.17) is 4.98 Å². The van der Waals surface area contributed by atoms with Gasteiger partial charge in [0.2, 0.25) is 5.95 Å². The van der Waals surface area contributed by atoms with Crippen LogP contribution in [0.25, 0.3) is 0 Å². The number of piperazine rings is 1. The summed E-state index contributed by atoms with van der Waals surface area (Å²) in [4.78, 5) is 24.2. The third kappa shape index (κ3) is 3.18. The molecule has 0 unspecified atom stereocenters. The first-order chi connectivity index (χ1) is 12.3. The predicted molar refractivity (Wildman–Crippen MR) is 94.7 cm³/mol. The van der Waals surface area contributed by atoms with Crippen molar-refractivity contribution in [3.63, 3.8) is 0 Å². The Morgan fingerprint density at radius 2 is 1.52 bits per heavy atom. The number of nitrogens with zero attached hydrogens (tertiary/aromatic N) is 8. The summed E-state index contributed by atoms with van der Waals surface area (Å²) in [6.45, 7) is 5.28. The van der Waals surface area contributed by atoms with E-state index in [2.05, 4.69) is 35.7 Å². The fourth-order valence-corrected chi connectivity index (χ4v) is 3.37. The first kappa shape index (κ1) is 15.6. The fraction of sp³-hybridized carbons (Fsp3) is 0.471. The zero-order valence-electron chi connectivity index (χ0n) is 14.0. The largest absolute Gasteiger partial charge is 0.356 e. The quantitative estimate of drug-likeness (QED) is 0.823. The molecule has 2 fully saturated rings. The van der Waals surface area contributed by atoms with E-state index in [-0.39, 0.29) is 0 Å². The van der Waals surface area contributed by atoms with Crippen molar-refractivity contribution >= 4 is 17.6 Å². The number of hydrogen-bond donors (Lipinski definition) is 0. The van der Waals surface area contributed by atoms with Crippen molar-refractivity contribution in [2.45, 2.75) is 12.8 Å². The van der Waals surface area contributed by atoms with Gasteiger partial charge in [-0.05, 0) is 18.9 Å². The molecule has 4 heterocycles. The van der Waals surface area contributed by atoms with Crippen LogP contribution in [0.4, 0.5) is 17.6 Å². The number of nitriles is 1.